The van der Waals surface area contributed by atoms with E-state index in [1.54, 1.807) is 11.1 Å². The van der Waals surface area contributed by atoms with Gasteiger partial charge in [-0.15, -0.1) is 0 Å². The minimum absolute atomic E-state index is 1.03. The van der Waals surface area contributed by atoms with Crippen LogP contribution in [0.15, 0.2) is 231 Å². The molecule has 3 heteroatoms. The normalized spacial score (nSPS) is 11.9. The molecule has 0 radical (unpaired) electrons. The summed E-state index contributed by atoms with van der Waals surface area (Å²) >= 11 is 0. The second-order valence-electron chi connectivity index (χ2n) is 22.8. The Kier molecular flexibility index (Phi) is 31.2. The number of hydrogen-bond donors (Lipinski definition) is 0. The summed E-state index contributed by atoms with van der Waals surface area (Å²) in [4.78, 5) is 7.04. The Morgan fingerprint density at radius 1 is 0.173 bits per heavy atom. The first-order chi connectivity index (χ1) is 48.4. The summed E-state index contributed by atoms with van der Waals surface area (Å²) in [5.74, 6) is 0. The largest absolute Gasteiger partial charge is 0.344 e. The molecule has 18 rings (SSSR count). The molecule has 512 valence electrons. The third-order valence-electron chi connectivity index (χ3n) is 18.4. The van der Waals surface area contributed by atoms with Crippen LogP contribution in [-0.2, 0) is 51.4 Å². The van der Waals surface area contributed by atoms with Gasteiger partial charge >= 0.3 is 0 Å². The molecule has 3 nitrogen and oxygen atoms in total. The van der Waals surface area contributed by atoms with Crippen molar-refractivity contribution in [1.82, 2.24) is 0 Å². The third-order valence-corrected chi connectivity index (χ3v) is 18.4. The van der Waals surface area contributed by atoms with Crippen LogP contribution in [0, 0.1) is 0 Å². The Morgan fingerprint density at radius 3 is 0.898 bits per heavy atom. The van der Waals surface area contributed by atoms with Crippen LogP contribution < -0.4 is 14.7 Å². The summed E-state index contributed by atoms with van der Waals surface area (Å²) < 4.78 is 0. The molecule has 0 saturated heterocycles. The van der Waals surface area contributed by atoms with Gasteiger partial charge in [0.2, 0.25) is 0 Å². The van der Waals surface area contributed by atoms with Crippen molar-refractivity contribution in [2.75, 3.05) is 35.8 Å². The van der Waals surface area contributed by atoms with Gasteiger partial charge < -0.3 is 14.7 Å². The van der Waals surface area contributed by atoms with E-state index in [9.17, 15) is 0 Å². The van der Waals surface area contributed by atoms with Gasteiger partial charge in [0.05, 0.1) is 5.69 Å². The molecule has 4 aliphatic carbocycles. The molecule has 3 aliphatic heterocycles. The standard InChI is InChI=1S/2C21H17N.C21H16.C14H13N.9C2H6/c1-22-20-9-5-3-7-15(20)12-16-10-11-18-17-8-4-2-6-14(17)13-19(18)21(16)22;1-22-19-9-5-3-7-15(19)13-17-11-10-16-12-14-6-2-4-8-18(14)20(16)21(17)22;1-2-6-15-12-20-17(11-14(15)5-1)9-10-19-18-8-4-3-7-16(18)13-21(19)20;1-15-13-8-4-2-6-11(13)10-12-7-3-5-9-14(12)15;9*1-2/h2*2-11H,12-13H2,1H3;1-10H,11-13H2;2-9H,10H2,1H3;9*1-2H3. The van der Waals surface area contributed by atoms with Crippen molar-refractivity contribution in [3.8, 4) is 33.4 Å². The number of nitrogens with zero attached hydrogens (tertiary/aromatic N) is 3. The Balaban J connectivity index is 0.000000192. The Hall–Kier alpha value is -9.18. The van der Waals surface area contributed by atoms with Crippen LogP contribution in [0.2, 0.25) is 0 Å². The molecule has 0 fully saturated rings. The predicted molar refractivity (Wildman–Crippen MR) is 437 cm³/mol. The highest BCUT2D eigenvalue weighted by Crippen LogP contribution is 2.51. The lowest BCUT2D eigenvalue weighted by Crippen LogP contribution is -2.20. The first-order valence-electron chi connectivity index (χ1n) is 37.7. The fourth-order valence-electron chi connectivity index (χ4n) is 14.5. The molecule has 0 saturated carbocycles. The quantitative estimate of drug-likeness (QED) is 0.150. The third kappa shape index (κ3) is 16.3. The summed E-state index contributed by atoms with van der Waals surface area (Å²) in [5, 5.41) is 0. The van der Waals surface area contributed by atoms with Gasteiger partial charge in [-0.25, -0.2) is 0 Å². The SMILES string of the molecule is CC.CC.CC.CC.CC.CC.CC.CC.CC.CN1c2ccccc2Cc2ccc3c(c21)-c1ccccc1C3.CN1c2ccccc2Cc2ccc3c(c21)Cc1ccccc1-3.CN1c2ccccc2Cc2ccccc21.c1ccc2c(c1)Cc1ccc3c(c1C2)Cc1ccccc1-3. The highest BCUT2D eigenvalue weighted by molar-refractivity contribution is 5.93. The molecule has 0 atom stereocenters. The van der Waals surface area contributed by atoms with E-state index in [0.717, 1.165) is 51.4 Å². The molecule has 11 aromatic rings. The van der Waals surface area contributed by atoms with Gasteiger partial charge in [-0.1, -0.05) is 331 Å². The molecule has 0 unspecified atom stereocenters. The maximum atomic E-state index is 2.39. The van der Waals surface area contributed by atoms with Gasteiger partial charge in [-0.05, 0) is 167 Å². The van der Waals surface area contributed by atoms with Crippen LogP contribution in [0.4, 0.5) is 34.1 Å². The van der Waals surface area contributed by atoms with E-state index in [2.05, 4.69) is 266 Å². The molecular formula is C95H117N3. The van der Waals surface area contributed by atoms with Crippen molar-refractivity contribution in [2.45, 2.75) is 176 Å². The number of benzene rings is 11. The van der Waals surface area contributed by atoms with Crippen LogP contribution in [-0.4, -0.2) is 21.1 Å². The minimum Gasteiger partial charge on any atom is -0.344 e. The summed E-state index contributed by atoms with van der Waals surface area (Å²) in [6, 6.07) is 84.1. The van der Waals surface area contributed by atoms with Crippen LogP contribution in [0.1, 0.15) is 214 Å². The summed E-state index contributed by atoms with van der Waals surface area (Å²) in [7, 11) is 6.55. The van der Waals surface area contributed by atoms with Crippen molar-refractivity contribution in [2.24, 2.45) is 0 Å². The molecule has 7 aliphatic rings. The molecule has 98 heavy (non-hydrogen) atoms. The van der Waals surface area contributed by atoms with Gasteiger partial charge in [0.1, 0.15) is 0 Å². The van der Waals surface area contributed by atoms with E-state index in [-0.39, 0.29) is 0 Å². The highest BCUT2D eigenvalue weighted by atomic mass is 15.1. The van der Waals surface area contributed by atoms with Crippen molar-refractivity contribution >= 4 is 34.1 Å². The fraction of sp³-hybridized carbons (Fsp3) is 0.305. The number of rotatable bonds is 0. The zero-order valence-corrected chi connectivity index (χ0v) is 63.9. The Morgan fingerprint density at radius 2 is 0.439 bits per heavy atom. The lowest BCUT2D eigenvalue weighted by molar-refractivity contribution is 0.978. The maximum Gasteiger partial charge on any atom is 0.0526 e. The van der Waals surface area contributed by atoms with Crippen molar-refractivity contribution < 1.29 is 0 Å². The molecule has 0 spiro atoms. The summed E-state index contributed by atoms with van der Waals surface area (Å²) in [6.07, 6.45) is 8.55. The first kappa shape index (κ1) is 77.8. The van der Waals surface area contributed by atoms with E-state index in [1.165, 1.54) is 145 Å². The fourth-order valence-corrected chi connectivity index (χ4v) is 14.5. The number of para-hydroxylation sites is 4. The van der Waals surface area contributed by atoms with Crippen LogP contribution in [0.3, 0.4) is 0 Å². The van der Waals surface area contributed by atoms with Gasteiger partial charge in [-0.2, -0.15) is 0 Å². The smallest absolute Gasteiger partial charge is 0.0526 e. The van der Waals surface area contributed by atoms with Gasteiger partial charge in [0, 0.05) is 80.8 Å². The number of hydrogen-bond acceptors (Lipinski definition) is 3. The van der Waals surface area contributed by atoms with Gasteiger partial charge in [0.15, 0.2) is 0 Å². The Labute approximate surface area is 595 Å². The summed E-state index contributed by atoms with van der Waals surface area (Å²) in [6.45, 7) is 36.0. The lowest BCUT2D eigenvalue weighted by Gasteiger charge is -2.32. The van der Waals surface area contributed by atoms with Gasteiger partial charge in [-0.3, -0.25) is 0 Å². The molecule has 0 bridgehead atoms. The Bertz CT molecular complexity index is 4230. The zero-order valence-electron chi connectivity index (χ0n) is 63.9. The first-order valence-corrected chi connectivity index (χ1v) is 37.7. The second-order valence-corrected chi connectivity index (χ2v) is 22.8. The average Bonchev–Trinajstić information content (AvgIpc) is 1.52. The van der Waals surface area contributed by atoms with E-state index in [1.807, 2.05) is 125 Å². The monoisotopic (exact) mass is 1300 g/mol. The van der Waals surface area contributed by atoms with E-state index >= 15 is 0 Å². The zero-order chi connectivity index (χ0) is 71.4. The average molecular weight is 1300 g/mol. The van der Waals surface area contributed by atoms with Crippen LogP contribution in [0.5, 0.6) is 0 Å². The highest BCUT2D eigenvalue weighted by Gasteiger charge is 2.31. The topological polar surface area (TPSA) is 9.72 Å². The van der Waals surface area contributed by atoms with Crippen molar-refractivity contribution in [3.05, 3.63) is 320 Å². The number of fused-ring (bicyclic) bond motifs is 20. The van der Waals surface area contributed by atoms with E-state index < -0.39 is 0 Å². The lowest BCUT2D eigenvalue weighted by atomic mass is 9.82. The number of anilines is 6. The molecular weight excluding hydrogens is 1180 g/mol. The van der Waals surface area contributed by atoms with Crippen LogP contribution in [0.25, 0.3) is 33.4 Å². The van der Waals surface area contributed by atoms with Crippen LogP contribution >= 0.6 is 0 Å². The summed E-state index contributed by atoms with van der Waals surface area (Å²) in [5.41, 5.74) is 40.4. The van der Waals surface area contributed by atoms with Crippen molar-refractivity contribution in [3.63, 3.8) is 0 Å². The maximum absolute atomic E-state index is 2.39. The van der Waals surface area contributed by atoms with E-state index in [4.69, 9.17) is 0 Å². The second kappa shape index (κ2) is 39.3. The molecule has 0 aromatic heterocycles. The molecule has 0 amide bonds. The molecule has 11 aromatic carbocycles. The molecule has 0 N–H and O–H groups in total. The molecule has 3 heterocycles. The predicted octanol–water partition coefficient (Wildman–Crippen LogP) is 27.2. The minimum atomic E-state index is 1.03. The van der Waals surface area contributed by atoms with E-state index in [0.29, 0.717) is 0 Å². The van der Waals surface area contributed by atoms with Gasteiger partial charge in [0.25, 0.3) is 0 Å². The van der Waals surface area contributed by atoms with Crippen molar-refractivity contribution in [1.29, 1.82) is 0 Å².